The Balaban J connectivity index is 1.39. The Kier molecular flexibility index (Phi) is 4.58. The minimum absolute atomic E-state index is 0.165. The average Bonchev–Trinajstić information content (AvgIpc) is 3.34. The first-order chi connectivity index (χ1) is 14.2. The number of hydrogen-bond acceptors (Lipinski definition) is 5. The highest BCUT2D eigenvalue weighted by atomic mass is 35.5. The van der Waals surface area contributed by atoms with E-state index in [1.165, 1.54) is 0 Å². The summed E-state index contributed by atoms with van der Waals surface area (Å²) in [7, 11) is 0. The number of carbonyl (C=O) groups is 1. The van der Waals surface area contributed by atoms with Crippen molar-refractivity contribution in [3.8, 4) is 11.3 Å². The smallest absolute Gasteiger partial charge is 0.256 e. The summed E-state index contributed by atoms with van der Waals surface area (Å²) in [4.78, 5) is 19.2. The monoisotopic (exact) mass is 406 g/mol. The number of carbonyl (C=O) groups excluding carboxylic acids is 1. The predicted molar refractivity (Wildman–Crippen MR) is 115 cm³/mol. The Morgan fingerprint density at radius 3 is 2.76 bits per heavy atom. The first-order valence-electron chi connectivity index (χ1n) is 9.52. The van der Waals surface area contributed by atoms with E-state index in [0.29, 0.717) is 22.1 Å². The molecule has 2 aliphatic heterocycles. The van der Waals surface area contributed by atoms with E-state index in [1.54, 1.807) is 24.3 Å². The van der Waals surface area contributed by atoms with Crippen LogP contribution in [0.2, 0.25) is 5.02 Å². The lowest BCUT2D eigenvalue weighted by atomic mass is 10.1. The van der Waals surface area contributed by atoms with Gasteiger partial charge in [-0.25, -0.2) is 4.98 Å². The molecule has 4 heterocycles. The van der Waals surface area contributed by atoms with Gasteiger partial charge in [0, 0.05) is 54.2 Å². The van der Waals surface area contributed by atoms with Crippen molar-refractivity contribution in [3.63, 3.8) is 0 Å². The minimum Gasteiger partial charge on any atom is -0.457 e. The van der Waals surface area contributed by atoms with E-state index >= 15 is 0 Å². The Hall–Kier alpha value is -3.09. The zero-order valence-electron chi connectivity index (χ0n) is 15.6. The molecular weight excluding hydrogens is 388 g/mol. The van der Waals surface area contributed by atoms with E-state index in [9.17, 15) is 4.79 Å². The molecule has 2 aliphatic rings. The maximum absolute atomic E-state index is 12.3. The zero-order chi connectivity index (χ0) is 19.8. The van der Waals surface area contributed by atoms with Crippen LogP contribution in [0.15, 0.2) is 53.1 Å². The zero-order valence-corrected chi connectivity index (χ0v) is 16.4. The van der Waals surface area contributed by atoms with Gasteiger partial charge in [-0.1, -0.05) is 11.6 Å². The van der Waals surface area contributed by atoms with Crippen LogP contribution >= 0.6 is 11.6 Å². The van der Waals surface area contributed by atoms with Crippen LogP contribution in [0.3, 0.4) is 0 Å². The molecule has 146 valence electrons. The highest BCUT2D eigenvalue weighted by Gasteiger charge is 2.24. The van der Waals surface area contributed by atoms with Crippen molar-refractivity contribution in [2.45, 2.75) is 0 Å². The van der Waals surface area contributed by atoms with E-state index < -0.39 is 0 Å². The van der Waals surface area contributed by atoms with Crippen LogP contribution in [-0.4, -0.2) is 37.1 Å². The van der Waals surface area contributed by atoms with Crippen LogP contribution in [-0.2, 0) is 4.79 Å². The lowest BCUT2D eigenvalue weighted by Crippen LogP contribution is -2.43. The quantitative estimate of drug-likeness (QED) is 0.645. The molecule has 0 radical (unpaired) electrons. The fraction of sp³-hybridized carbons (Fsp3) is 0.182. The van der Waals surface area contributed by atoms with Crippen molar-refractivity contribution >= 4 is 40.7 Å². The summed E-state index contributed by atoms with van der Waals surface area (Å²) in [6.07, 6.45) is 3.56. The number of hydrogen-bond donors (Lipinski definition) is 2. The fourth-order valence-corrected chi connectivity index (χ4v) is 3.82. The fourth-order valence-electron chi connectivity index (χ4n) is 3.64. The number of piperazine rings is 1. The number of amides is 1. The molecule has 0 spiro atoms. The van der Waals surface area contributed by atoms with Crippen LogP contribution in [0.5, 0.6) is 0 Å². The van der Waals surface area contributed by atoms with Gasteiger partial charge in [0.2, 0.25) is 0 Å². The van der Waals surface area contributed by atoms with Crippen molar-refractivity contribution in [1.29, 1.82) is 0 Å². The lowest BCUT2D eigenvalue weighted by Gasteiger charge is -2.28. The number of nitrogens with one attached hydrogen (secondary N) is 2. The number of fused-ring (bicyclic) bond motifs is 1. The summed E-state index contributed by atoms with van der Waals surface area (Å²) >= 11 is 6.09. The Morgan fingerprint density at radius 2 is 1.97 bits per heavy atom. The molecule has 29 heavy (non-hydrogen) atoms. The molecule has 7 heteroatoms. The van der Waals surface area contributed by atoms with Crippen LogP contribution in [0, 0.1) is 0 Å². The van der Waals surface area contributed by atoms with Gasteiger partial charge in [-0.2, -0.15) is 0 Å². The summed E-state index contributed by atoms with van der Waals surface area (Å²) < 4.78 is 5.96. The molecule has 1 amide bonds. The van der Waals surface area contributed by atoms with Crippen molar-refractivity contribution in [2.75, 3.05) is 36.4 Å². The maximum atomic E-state index is 12.3. The van der Waals surface area contributed by atoms with Gasteiger partial charge < -0.3 is 20.0 Å². The molecule has 0 bridgehead atoms. The number of aromatic nitrogens is 1. The van der Waals surface area contributed by atoms with E-state index in [-0.39, 0.29) is 5.91 Å². The summed E-state index contributed by atoms with van der Waals surface area (Å²) in [5.41, 5.74) is 2.97. The van der Waals surface area contributed by atoms with Gasteiger partial charge in [-0.05, 0) is 48.5 Å². The van der Waals surface area contributed by atoms with E-state index in [4.69, 9.17) is 16.0 Å². The number of rotatable bonds is 3. The van der Waals surface area contributed by atoms with Gasteiger partial charge >= 0.3 is 0 Å². The van der Waals surface area contributed by atoms with Gasteiger partial charge in [-0.3, -0.25) is 4.79 Å². The van der Waals surface area contributed by atoms with E-state index in [1.807, 2.05) is 30.5 Å². The van der Waals surface area contributed by atoms with Gasteiger partial charge in [0.1, 0.15) is 17.3 Å². The molecule has 1 fully saturated rings. The third kappa shape index (κ3) is 3.52. The second-order valence-electron chi connectivity index (χ2n) is 7.05. The largest absolute Gasteiger partial charge is 0.457 e. The maximum Gasteiger partial charge on any atom is 0.256 e. The highest BCUT2D eigenvalue weighted by Crippen LogP contribution is 2.35. The predicted octanol–water partition coefficient (Wildman–Crippen LogP) is 3.90. The van der Waals surface area contributed by atoms with Gasteiger partial charge in [0.15, 0.2) is 0 Å². The molecule has 2 N–H and O–H groups in total. The summed E-state index contributed by atoms with van der Waals surface area (Å²) in [5, 5.41) is 6.77. The second-order valence-corrected chi connectivity index (χ2v) is 7.48. The number of pyridine rings is 1. The summed E-state index contributed by atoms with van der Waals surface area (Å²) in [5.74, 6) is 2.12. The van der Waals surface area contributed by atoms with Crippen LogP contribution in [0.4, 0.5) is 11.5 Å². The van der Waals surface area contributed by atoms with Gasteiger partial charge in [0.25, 0.3) is 5.91 Å². The normalized spacial score (nSPS) is 17.5. The molecule has 3 aromatic rings. The SMILES string of the molecule is O=C1Nc2ccc(Cl)cc2/C1=C\c1ccc(-c2ccc(N3CCNCC3)nc2)o1. The highest BCUT2D eigenvalue weighted by molar-refractivity contribution is 6.36. The molecular formula is C22H19ClN4O2. The molecule has 6 nitrogen and oxygen atoms in total. The van der Waals surface area contributed by atoms with Crippen LogP contribution in [0.25, 0.3) is 23.0 Å². The number of halogens is 1. The third-order valence-electron chi connectivity index (χ3n) is 5.15. The second kappa shape index (κ2) is 7.39. The molecule has 1 saturated heterocycles. The van der Waals surface area contributed by atoms with E-state index in [2.05, 4.69) is 20.5 Å². The van der Waals surface area contributed by atoms with Gasteiger partial charge in [0.05, 0.1) is 5.57 Å². The molecule has 1 aromatic carbocycles. The number of benzene rings is 1. The minimum atomic E-state index is -0.165. The summed E-state index contributed by atoms with van der Waals surface area (Å²) in [6, 6.07) is 13.1. The van der Waals surface area contributed by atoms with Crippen molar-refractivity contribution in [1.82, 2.24) is 10.3 Å². The van der Waals surface area contributed by atoms with Crippen LogP contribution < -0.4 is 15.5 Å². The number of nitrogens with zero attached hydrogens (tertiary/aromatic N) is 2. The molecule has 5 rings (SSSR count). The van der Waals surface area contributed by atoms with Gasteiger partial charge in [-0.15, -0.1) is 0 Å². The summed E-state index contributed by atoms with van der Waals surface area (Å²) in [6.45, 7) is 3.86. The molecule has 0 unspecified atom stereocenters. The Morgan fingerprint density at radius 1 is 1.10 bits per heavy atom. The topological polar surface area (TPSA) is 70.4 Å². The third-order valence-corrected chi connectivity index (χ3v) is 5.39. The first kappa shape index (κ1) is 18.0. The molecule has 0 saturated carbocycles. The Bertz CT molecular complexity index is 1100. The number of anilines is 2. The molecule has 2 aromatic heterocycles. The molecule has 0 aliphatic carbocycles. The lowest BCUT2D eigenvalue weighted by molar-refractivity contribution is -0.110. The van der Waals surface area contributed by atoms with Crippen LogP contribution in [0.1, 0.15) is 11.3 Å². The standard InChI is InChI=1S/C22H19ClN4O2/c23-15-2-4-19-17(11-15)18(22(28)26-19)12-16-3-5-20(29-16)14-1-6-21(25-13-14)27-9-7-24-8-10-27/h1-6,11-13,24H,7-10H2,(H,26,28)/b18-12+. The first-order valence-corrected chi connectivity index (χ1v) is 9.90. The number of furan rings is 1. The van der Waals surface area contributed by atoms with E-state index in [0.717, 1.165) is 48.8 Å². The average molecular weight is 407 g/mol. The van der Waals surface area contributed by atoms with Crippen molar-refractivity contribution in [2.24, 2.45) is 0 Å². The van der Waals surface area contributed by atoms with Crippen molar-refractivity contribution in [3.05, 3.63) is 65.0 Å². The Labute approximate surface area is 173 Å². The van der Waals surface area contributed by atoms with Crippen molar-refractivity contribution < 1.29 is 9.21 Å². The molecule has 0 atom stereocenters.